The first-order valence-electron chi connectivity index (χ1n) is 8.33. The molecule has 0 spiro atoms. The third-order valence-electron chi connectivity index (χ3n) is 3.84. The molecule has 0 unspecified atom stereocenters. The van der Waals surface area contributed by atoms with Gasteiger partial charge in [-0.1, -0.05) is 19.0 Å². The first-order chi connectivity index (χ1) is 11.9. The predicted molar refractivity (Wildman–Crippen MR) is 96.7 cm³/mol. The zero-order chi connectivity index (χ0) is 18.4. The molecular weight excluding hydrogens is 340 g/mol. The molecule has 0 bridgehead atoms. The Hall–Kier alpha value is -1.93. The maximum atomic E-state index is 12.7. The largest absolute Gasteiger partial charge is 0.383 e. The lowest BCUT2D eigenvalue weighted by atomic mass is 10.2. The summed E-state index contributed by atoms with van der Waals surface area (Å²) in [5, 5.41) is 8.90. The molecule has 2 aromatic heterocycles. The molecule has 1 N–H and O–H groups in total. The average molecular weight is 366 g/mol. The highest BCUT2D eigenvalue weighted by atomic mass is 32.1. The van der Waals surface area contributed by atoms with Crippen LogP contribution < -0.4 is 5.32 Å². The molecular formula is C17H26N4O3S. The second-order valence-corrected chi connectivity index (χ2v) is 7.26. The van der Waals surface area contributed by atoms with Crippen LogP contribution in [0.1, 0.15) is 54.9 Å². The summed E-state index contributed by atoms with van der Waals surface area (Å²) in [6.07, 6.45) is 0. The maximum absolute atomic E-state index is 12.7. The van der Waals surface area contributed by atoms with Gasteiger partial charge in [0.05, 0.1) is 13.2 Å². The van der Waals surface area contributed by atoms with Crippen molar-refractivity contribution in [2.45, 2.75) is 46.2 Å². The molecule has 0 aliphatic rings. The van der Waals surface area contributed by atoms with Crippen LogP contribution in [0.25, 0.3) is 0 Å². The van der Waals surface area contributed by atoms with Crippen molar-refractivity contribution in [2.24, 2.45) is 0 Å². The number of aryl methyl sites for hydroxylation is 1. The van der Waals surface area contributed by atoms with Gasteiger partial charge in [-0.25, -0.2) is 4.79 Å². The van der Waals surface area contributed by atoms with E-state index in [-0.39, 0.29) is 18.0 Å². The number of ether oxygens (including phenoxy) is 1. The molecule has 0 radical (unpaired) electrons. The molecule has 0 aliphatic heterocycles. The van der Waals surface area contributed by atoms with E-state index in [0.29, 0.717) is 31.4 Å². The Morgan fingerprint density at radius 3 is 2.76 bits per heavy atom. The van der Waals surface area contributed by atoms with Crippen LogP contribution in [-0.2, 0) is 11.3 Å². The summed E-state index contributed by atoms with van der Waals surface area (Å²) in [5.74, 6) is 1.23. The zero-order valence-electron chi connectivity index (χ0n) is 15.4. The number of rotatable bonds is 8. The molecule has 0 fully saturated rings. The summed E-state index contributed by atoms with van der Waals surface area (Å²) >= 11 is 1.65. The first kappa shape index (κ1) is 19.4. The number of amides is 2. The third-order valence-corrected chi connectivity index (χ3v) is 4.85. The van der Waals surface area contributed by atoms with E-state index >= 15 is 0 Å². The van der Waals surface area contributed by atoms with Gasteiger partial charge in [0, 0.05) is 24.4 Å². The number of urea groups is 1. The molecule has 2 rings (SSSR count). The molecule has 2 heterocycles. The molecule has 138 valence electrons. The van der Waals surface area contributed by atoms with E-state index in [2.05, 4.69) is 21.5 Å². The van der Waals surface area contributed by atoms with Gasteiger partial charge in [-0.2, -0.15) is 4.98 Å². The van der Waals surface area contributed by atoms with Gasteiger partial charge < -0.3 is 19.5 Å². The number of thiophene rings is 1. The van der Waals surface area contributed by atoms with Crippen molar-refractivity contribution in [1.29, 1.82) is 0 Å². The molecule has 0 aromatic carbocycles. The lowest BCUT2D eigenvalue weighted by Gasteiger charge is -2.24. The average Bonchev–Trinajstić information content (AvgIpc) is 3.20. The Morgan fingerprint density at radius 2 is 2.20 bits per heavy atom. The van der Waals surface area contributed by atoms with Gasteiger partial charge >= 0.3 is 6.03 Å². The molecule has 1 atom stereocenters. The number of carbonyl (C=O) groups is 1. The summed E-state index contributed by atoms with van der Waals surface area (Å²) in [6.45, 7) is 9.40. The van der Waals surface area contributed by atoms with Gasteiger partial charge in [0.1, 0.15) is 6.04 Å². The zero-order valence-corrected chi connectivity index (χ0v) is 16.2. The Kier molecular flexibility index (Phi) is 6.95. The van der Waals surface area contributed by atoms with Crippen LogP contribution in [0.5, 0.6) is 0 Å². The van der Waals surface area contributed by atoms with E-state index in [1.807, 2.05) is 33.1 Å². The van der Waals surface area contributed by atoms with E-state index in [9.17, 15) is 4.79 Å². The van der Waals surface area contributed by atoms with Crippen LogP contribution in [0.4, 0.5) is 4.79 Å². The number of hydrogen-bond donors (Lipinski definition) is 1. The maximum Gasteiger partial charge on any atom is 0.318 e. The number of nitrogens with zero attached hydrogens (tertiary/aromatic N) is 3. The number of methoxy groups -OCH3 is 1. The fourth-order valence-corrected chi connectivity index (χ4v) is 3.11. The number of nitrogens with one attached hydrogen (secondary N) is 1. The van der Waals surface area contributed by atoms with Crippen LogP contribution in [0.15, 0.2) is 16.0 Å². The van der Waals surface area contributed by atoms with E-state index in [0.717, 1.165) is 0 Å². The standard InChI is InChI=1S/C17H26N4O3S/c1-11(2)15-19-16(24-20-15)13(4)18-17(22)21(7-8-23-5)10-14-12(3)6-9-25-14/h6,9,11,13H,7-8,10H2,1-5H3,(H,18,22)/t13-/m0/s1. The summed E-state index contributed by atoms with van der Waals surface area (Å²) in [6, 6.07) is 1.52. The number of carbonyl (C=O) groups excluding carboxylic acids is 1. The van der Waals surface area contributed by atoms with Crippen molar-refractivity contribution in [3.63, 3.8) is 0 Å². The Labute approximate surface area is 152 Å². The van der Waals surface area contributed by atoms with E-state index in [1.54, 1.807) is 23.3 Å². The highest BCUT2D eigenvalue weighted by Gasteiger charge is 2.22. The second kappa shape index (κ2) is 8.96. The highest BCUT2D eigenvalue weighted by molar-refractivity contribution is 7.10. The van der Waals surface area contributed by atoms with E-state index in [1.165, 1.54) is 10.4 Å². The predicted octanol–water partition coefficient (Wildman–Crippen LogP) is 3.48. The van der Waals surface area contributed by atoms with Crippen molar-refractivity contribution in [3.8, 4) is 0 Å². The number of hydrogen-bond acceptors (Lipinski definition) is 6. The minimum Gasteiger partial charge on any atom is -0.383 e. The Balaban J connectivity index is 2.03. The fraction of sp³-hybridized carbons (Fsp3) is 0.588. The van der Waals surface area contributed by atoms with Gasteiger partial charge in [0.25, 0.3) is 0 Å². The number of aromatic nitrogens is 2. The lowest BCUT2D eigenvalue weighted by molar-refractivity contribution is 0.144. The van der Waals surface area contributed by atoms with Gasteiger partial charge in [-0.3, -0.25) is 0 Å². The molecule has 0 saturated carbocycles. The summed E-state index contributed by atoms with van der Waals surface area (Å²) in [4.78, 5) is 19.9. The van der Waals surface area contributed by atoms with Gasteiger partial charge in [-0.05, 0) is 30.9 Å². The molecule has 8 heteroatoms. The van der Waals surface area contributed by atoms with Crippen LogP contribution in [-0.4, -0.2) is 41.3 Å². The van der Waals surface area contributed by atoms with Gasteiger partial charge in [0.2, 0.25) is 5.89 Å². The van der Waals surface area contributed by atoms with Crippen LogP contribution >= 0.6 is 11.3 Å². The second-order valence-electron chi connectivity index (χ2n) is 6.26. The van der Waals surface area contributed by atoms with Crippen LogP contribution in [0, 0.1) is 6.92 Å². The summed E-state index contributed by atoms with van der Waals surface area (Å²) < 4.78 is 10.4. The van der Waals surface area contributed by atoms with Crippen LogP contribution in [0.3, 0.4) is 0 Å². The van der Waals surface area contributed by atoms with E-state index in [4.69, 9.17) is 9.26 Å². The topological polar surface area (TPSA) is 80.5 Å². The first-order valence-corrected chi connectivity index (χ1v) is 9.21. The van der Waals surface area contributed by atoms with Crippen molar-refractivity contribution in [3.05, 3.63) is 33.6 Å². The van der Waals surface area contributed by atoms with Crippen molar-refractivity contribution < 1.29 is 14.1 Å². The van der Waals surface area contributed by atoms with Crippen molar-refractivity contribution in [1.82, 2.24) is 20.4 Å². The monoisotopic (exact) mass is 366 g/mol. The highest BCUT2D eigenvalue weighted by Crippen LogP contribution is 2.19. The molecule has 7 nitrogen and oxygen atoms in total. The SMILES string of the molecule is COCCN(Cc1sccc1C)C(=O)N[C@@H](C)c1nc(C(C)C)no1. The normalized spacial score (nSPS) is 12.4. The smallest absolute Gasteiger partial charge is 0.318 e. The molecule has 0 aliphatic carbocycles. The third kappa shape index (κ3) is 5.27. The Morgan fingerprint density at radius 1 is 1.44 bits per heavy atom. The molecule has 0 saturated heterocycles. The van der Waals surface area contributed by atoms with E-state index < -0.39 is 0 Å². The molecule has 25 heavy (non-hydrogen) atoms. The van der Waals surface area contributed by atoms with Crippen LogP contribution in [0.2, 0.25) is 0 Å². The minimum absolute atomic E-state index is 0.179. The molecule has 2 aromatic rings. The quantitative estimate of drug-likeness (QED) is 0.773. The fourth-order valence-electron chi connectivity index (χ4n) is 2.19. The molecule has 2 amide bonds. The van der Waals surface area contributed by atoms with Gasteiger partial charge in [-0.15, -0.1) is 11.3 Å². The Bertz CT molecular complexity index is 683. The van der Waals surface area contributed by atoms with Crippen molar-refractivity contribution >= 4 is 17.4 Å². The minimum atomic E-state index is -0.359. The summed E-state index contributed by atoms with van der Waals surface area (Å²) in [7, 11) is 1.63. The lowest BCUT2D eigenvalue weighted by Crippen LogP contribution is -2.42. The van der Waals surface area contributed by atoms with Crippen molar-refractivity contribution in [2.75, 3.05) is 20.3 Å². The van der Waals surface area contributed by atoms with Gasteiger partial charge in [0.15, 0.2) is 5.82 Å². The summed E-state index contributed by atoms with van der Waals surface area (Å²) in [5.41, 5.74) is 1.19.